The molecule has 0 saturated carbocycles. The van der Waals surface area contributed by atoms with E-state index in [1.165, 1.54) is 0 Å². The van der Waals surface area contributed by atoms with Crippen LogP contribution in [0.25, 0.3) is 0 Å². The lowest BCUT2D eigenvalue weighted by molar-refractivity contribution is -0.116. The van der Waals surface area contributed by atoms with Gasteiger partial charge in [0.1, 0.15) is 0 Å². The summed E-state index contributed by atoms with van der Waals surface area (Å²) in [6.45, 7) is 5.06. The Balaban J connectivity index is 2.79. The molecule has 8 heteroatoms. The highest BCUT2D eigenvalue weighted by molar-refractivity contribution is 5.78. The number of primary amides is 1. The summed E-state index contributed by atoms with van der Waals surface area (Å²) >= 11 is 0. The Morgan fingerprint density at radius 2 is 1.89 bits per heavy atom. The van der Waals surface area contributed by atoms with Crippen LogP contribution in [0.5, 0.6) is 6.01 Å². The van der Waals surface area contributed by atoms with Crippen LogP contribution in [0.15, 0.2) is 0 Å². The minimum Gasteiger partial charge on any atom is -0.463 e. The fourth-order valence-electron chi connectivity index (χ4n) is 1.10. The van der Waals surface area contributed by atoms with Crippen LogP contribution in [-0.2, 0) is 4.79 Å². The van der Waals surface area contributed by atoms with Crippen LogP contribution in [0.3, 0.4) is 0 Å². The van der Waals surface area contributed by atoms with Gasteiger partial charge in [-0.05, 0) is 13.3 Å². The number of ether oxygens (including phenoxy) is 1. The third-order valence-corrected chi connectivity index (χ3v) is 1.81. The Morgan fingerprint density at radius 3 is 2.44 bits per heavy atom. The number of hydrogen-bond donors (Lipinski definition) is 3. The maximum absolute atomic E-state index is 10.7. The second-order valence-corrected chi connectivity index (χ2v) is 3.46. The second kappa shape index (κ2) is 7.25. The molecule has 18 heavy (non-hydrogen) atoms. The van der Waals surface area contributed by atoms with Crippen molar-refractivity contribution in [3.05, 3.63) is 0 Å². The lowest BCUT2D eigenvalue weighted by Crippen LogP contribution is -2.23. The van der Waals surface area contributed by atoms with Crippen LogP contribution in [0.4, 0.5) is 11.9 Å². The van der Waals surface area contributed by atoms with Crippen LogP contribution in [0.2, 0.25) is 0 Å². The molecule has 0 fully saturated rings. The molecule has 1 aromatic rings. The van der Waals surface area contributed by atoms with Crippen LogP contribution in [-0.4, -0.2) is 40.6 Å². The summed E-state index contributed by atoms with van der Waals surface area (Å²) in [5.74, 6) is 0.160. The van der Waals surface area contributed by atoms with Crippen molar-refractivity contribution in [1.82, 2.24) is 15.0 Å². The zero-order valence-electron chi connectivity index (χ0n) is 10.6. The van der Waals surface area contributed by atoms with E-state index < -0.39 is 5.91 Å². The average Bonchev–Trinajstić information content (AvgIpc) is 2.34. The van der Waals surface area contributed by atoms with Gasteiger partial charge in [0.2, 0.25) is 17.8 Å². The van der Waals surface area contributed by atoms with Gasteiger partial charge in [0, 0.05) is 6.54 Å². The predicted molar refractivity (Wildman–Crippen MR) is 67.5 cm³/mol. The van der Waals surface area contributed by atoms with E-state index in [0.29, 0.717) is 19.1 Å². The first kappa shape index (κ1) is 13.9. The highest BCUT2D eigenvalue weighted by Gasteiger charge is 2.07. The van der Waals surface area contributed by atoms with E-state index in [9.17, 15) is 4.79 Å². The fraction of sp³-hybridized carbons (Fsp3) is 0.600. The molecule has 0 aliphatic carbocycles. The Hall–Kier alpha value is -2.12. The lowest BCUT2D eigenvalue weighted by atomic mass is 10.5. The van der Waals surface area contributed by atoms with Gasteiger partial charge in [0.25, 0.3) is 0 Å². The van der Waals surface area contributed by atoms with Crippen molar-refractivity contribution in [2.45, 2.75) is 20.3 Å². The zero-order chi connectivity index (χ0) is 13.4. The van der Waals surface area contributed by atoms with Crippen molar-refractivity contribution in [1.29, 1.82) is 0 Å². The molecule has 1 amide bonds. The van der Waals surface area contributed by atoms with Gasteiger partial charge in [-0.25, -0.2) is 0 Å². The van der Waals surface area contributed by atoms with E-state index in [4.69, 9.17) is 10.5 Å². The molecule has 1 aromatic heterocycles. The van der Waals surface area contributed by atoms with Gasteiger partial charge in [0.15, 0.2) is 0 Å². The van der Waals surface area contributed by atoms with Crippen LogP contribution >= 0.6 is 0 Å². The standard InChI is InChI=1S/C10H18N6O2/c1-3-5-18-10-15-8(12-4-2)14-9(16-10)13-6-7(11)17/h3-6H2,1-2H3,(H2,11,17)(H2,12,13,14,15,16). The molecule has 0 unspecified atom stereocenters. The first-order chi connectivity index (χ1) is 8.65. The molecule has 0 aliphatic heterocycles. The first-order valence-corrected chi connectivity index (χ1v) is 5.80. The summed E-state index contributed by atoms with van der Waals surface area (Å²) in [5.41, 5.74) is 5.04. The van der Waals surface area contributed by atoms with Gasteiger partial charge < -0.3 is 21.1 Å². The average molecular weight is 254 g/mol. The fourth-order valence-corrected chi connectivity index (χ4v) is 1.10. The number of nitrogens with two attached hydrogens (primary N) is 1. The number of carbonyl (C=O) groups excluding carboxylic acids is 1. The Bertz CT molecular complexity index is 398. The summed E-state index contributed by atoms with van der Waals surface area (Å²) < 4.78 is 5.33. The van der Waals surface area contributed by atoms with E-state index in [2.05, 4.69) is 25.6 Å². The number of aromatic nitrogens is 3. The summed E-state index contributed by atoms with van der Waals surface area (Å²) in [7, 11) is 0. The van der Waals surface area contributed by atoms with Crippen LogP contribution < -0.4 is 21.1 Å². The molecule has 0 radical (unpaired) electrons. The molecule has 1 heterocycles. The number of amides is 1. The number of rotatable bonds is 8. The third-order valence-electron chi connectivity index (χ3n) is 1.81. The minimum atomic E-state index is -0.489. The number of nitrogens with zero attached hydrogens (tertiary/aromatic N) is 3. The molecule has 8 nitrogen and oxygen atoms in total. The maximum atomic E-state index is 10.7. The molecular formula is C10H18N6O2. The highest BCUT2D eigenvalue weighted by atomic mass is 16.5. The van der Waals surface area contributed by atoms with Crippen molar-refractivity contribution >= 4 is 17.8 Å². The highest BCUT2D eigenvalue weighted by Crippen LogP contribution is 2.11. The third kappa shape index (κ3) is 4.81. The van der Waals surface area contributed by atoms with E-state index in [-0.39, 0.29) is 18.5 Å². The molecular weight excluding hydrogens is 236 g/mol. The van der Waals surface area contributed by atoms with Gasteiger partial charge in [-0.3, -0.25) is 4.79 Å². The van der Waals surface area contributed by atoms with E-state index in [1.807, 2.05) is 13.8 Å². The smallest absolute Gasteiger partial charge is 0.323 e. The molecule has 0 atom stereocenters. The molecule has 0 saturated heterocycles. The Morgan fingerprint density at radius 1 is 1.22 bits per heavy atom. The zero-order valence-corrected chi connectivity index (χ0v) is 10.6. The molecule has 4 N–H and O–H groups in total. The maximum Gasteiger partial charge on any atom is 0.323 e. The molecule has 0 spiro atoms. The number of hydrogen-bond acceptors (Lipinski definition) is 7. The Kier molecular flexibility index (Phi) is 5.62. The van der Waals surface area contributed by atoms with Crippen molar-refractivity contribution in [2.24, 2.45) is 5.73 Å². The van der Waals surface area contributed by atoms with Gasteiger partial charge in [-0.15, -0.1) is 0 Å². The summed E-state index contributed by atoms with van der Waals surface area (Å²) in [5, 5.41) is 5.66. The molecule has 0 aliphatic rings. The lowest BCUT2D eigenvalue weighted by Gasteiger charge is -2.08. The van der Waals surface area contributed by atoms with Gasteiger partial charge in [-0.2, -0.15) is 15.0 Å². The predicted octanol–water partition coefficient (Wildman–Crippen LogP) is -0.0106. The summed E-state index contributed by atoms with van der Waals surface area (Å²) in [6, 6.07) is 0.217. The number of anilines is 2. The van der Waals surface area contributed by atoms with E-state index in [1.54, 1.807) is 0 Å². The topological polar surface area (TPSA) is 115 Å². The number of carbonyl (C=O) groups is 1. The number of nitrogens with one attached hydrogen (secondary N) is 2. The molecule has 0 aromatic carbocycles. The van der Waals surface area contributed by atoms with E-state index >= 15 is 0 Å². The van der Waals surface area contributed by atoms with Gasteiger partial charge in [-0.1, -0.05) is 6.92 Å². The molecule has 1 rings (SSSR count). The largest absolute Gasteiger partial charge is 0.463 e. The summed E-state index contributed by atoms with van der Waals surface area (Å²) in [6.07, 6.45) is 0.853. The van der Waals surface area contributed by atoms with Crippen molar-refractivity contribution in [3.8, 4) is 6.01 Å². The molecule has 100 valence electrons. The normalized spacial score (nSPS) is 9.89. The van der Waals surface area contributed by atoms with Gasteiger partial charge >= 0.3 is 6.01 Å². The monoisotopic (exact) mass is 254 g/mol. The minimum absolute atomic E-state index is 0.0389. The van der Waals surface area contributed by atoms with Gasteiger partial charge in [0.05, 0.1) is 13.2 Å². The Labute approximate surface area is 105 Å². The van der Waals surface area contributed by atoms with Crippen molar-refractivity contribution in [3.63, 3.8) is 0 Å². The van der Waals surface area contributed by atoms with Crippen molar-refractivity contribution in [2.75, 3.05) is 30.3 Å². The van der Waals surface area contributed by atoms with Crippen molar-refractivity contribution < 1.29 is 9.53 Å². The summed E-state index contributed by atoms with van der Waals surface area (Å²) in [4.78, 5) is 22.9. The first-order valence-electron chi connectivity index (χ1n) is 5.80. The second-order valence-electron chi connectivity index (χ2n) is 3.46. The SMILES string of the molecule is CCCOc1nc(NCC)nc(NCC(N)=O)n1. The molecule has 0 bridgehead atoms. The van der Waals surface area contributed by atoms with Crippen LogP contribution in [0.1, 0.15) is 20.3 Å². The quantitative estimate of drug-likeness (QED) is 0.597. The van der Waals surface area contributed by atoms with E-state index in [0.717, 1.165) is 6.42 Å². The van der Waals surface area contributed by atoms with Crippen LogP contribution in [0, 0.1) is 0 Å².